The van der Waals surface area contributed by atoms with Crippen molar-refractivity contribution >= 4 is 5.96 Å². The van der Waals surface area contributed by atoms with Crippen LogP contribution in [0.5, 0.6) is 0 Å². The fourth-order valence-electron chi connectivity index (χ4n) is 3.61. The van der Waals surface area contributed by atoms with E-state index in [1.54, 1.807) is 6.07 Å². The van der Waals surface area contributed by atoms with Gasteiger partial charge in [0.25, 0.3) is 0 Å². The molecule has 0 radical (unpaired) electrons. The lowest BCUT2D eigenvalue weighted by atomic mass is 10.0. The van der Waals surface area contributed by atoms with Crippen molar-refractivity contribution in [2.75, 3.05) is 6.54 Å². The predicted octanol–water partition coefficient (Wildman–Crippen LogP) is 5.12. The summed E-state index contributed by atoms with van der Waals surface area (Å²) in [6.07, 6.45) is 2.17. The first-order valence-corrected chi connectivity index (χ1v) is 11.1. The van der Waals surface area contributed by atoms with Gasteiger partial charge in [-0.05, 0) is 42.0 Å². The van der Waals surface area contributed by atoms with Gasteiger partial charge in [-0.25, -0.2) is 4.39 Å². The molecule has 3 N–H and O–H groups in total. The molecule has 0 bridgehead atoms. The molecule has 4 aromatic rings. The van der Waals surface area contributed by atoms with Crippen molar-refractivity contribution in [1.29, 1.82) is 5.41 Å². The summed E-state index contributed by atoms with van der Waals surface area (Å²) in [4.78, 5) is 0. The fraction of sp³-hybridized carbons (Fsp3) is 0.185. The number of hydrogen-bond acceptors (Lipinski definition) is 3. The number of aromatic nitrogens is 1. The van der Waals surface area contributed by atoms with Crippen molar-refractivity contribution in [3.63, 3.8) is 0 Å². The van der Waals surface area contributed by atoms with Crippen LogP contribution in [-0.4, -0.2) is 17.7 Å². The second-order valence-corrected chi connectivity index (χ2v) is 7.86. The summed E-state index contributed by atoms with van der Waals surface area (Å²) in [7, 11) is 0. The van der Waals surface area contributed by atoms with Gasteiger partial charge in [-0.15, -0.1) is 0 Å². The van der Waals surface area contributed by atoms with E-state index >= 15 is 0 Å². The molecule has 4 rings (SSSR count). The minimum absolute atomic E-state index is 0.220. The second-order valence-electron chi connectivity index (χ2n) is 7.86. The third-order valence-electron chi connectivity index (χ3n) is 5.39. The van der Waals surface area contributed by atoms with Crippen LogP contribution in [0.2, 0.25) is 0 Å². The van der Waals surface area contributed by atoms with E-state index in [1.165, 1.54) is 5.56 Å². The molecule has 0 aliphatic rings. The Morgan fingerprint density at radius 1 is 0.818 bits per heavy atom. The van der Waals surface area contributed by atoms with Crippen LogP contribution in [0.15, 0.2) is 89.5 Å². The molecule has 1 heterocycles. The standard InChI is InChI=1S/C27H27FN4O/c28-26-17-21(12-14-25(26)22-9-5-2-6-10-22)11-13-23-18-24(33-32-23)19-31-27(29)30-16-15-20-7-3-1-4-8-20/h1-10,12,14,17-18H,11,13,15-16,19H2,(H3,29,30,31). The van der Waals surface area contributed by atoms with Gasteiger partial charge >= 0.3 is 0 Å². The Morgan fingerprint density at radius 3 is 2.33 bits per heavy atom. The van der Waals surface area contributed by atoms with E-state index in [1.807, 2.05) is 66.7 Å². The van der Waals surface area contributed by atoms with Crippen LogP contribution in [0.25, 0.3) is 11.1 Å². The molecule has 33 heavy (non-hydrogen) atoms. The Labute approximate surface area is 193 Å². The van der Waals surface area contributed by atoms with Gasteiger partial charge in [0.2, 0.25) is 0 Å². The van der Waals surface area contributed by atoms with E-state index in [9.17, 15) is 4.39 Å². The zero-order valence-electron chi connectivity index (χ0n) is 18.4. The summed E-state index contributed by atoms with van der Waals surface area (Å²) >= 11 is 0. The third kappa shape index (κ3) is 6.53. The van der Waals surface area contributed by atoms with Gasteiger partial charge in [-0.3, -0.25) is 5.41 Å². The van der Waals surface area contributed by atoms with Crippen LogP contribution >= 0.6 is 0 Å². The largest absolute Gasteiger partial charge is 0.359 e. The van der Waals surface area contributed by atoms with Crippen LogP contribution in [0.4, 0.5) is 4.39 Å². The van der Waals surface area contributed by atoms with Gasteiger partial charge < -0.3 is 15.2 Å². The van der Waals surface area contributed by atoms with E-state index in [2.05, 4.69) is 27.9 Å². The van der Waals surface area contributed by atoms with Crippen molar-refractivity contribution in [3.05, 3.63) is 113 Å². The first-order chi connectivity index (χ1) is 16.2. The molecular weight excluding hydrogens is 415 g/mol. The Morgan fingerprint density at radius 2 is 1.58 bits per heavy atom. The molecule has 3 aromatic carbocycles. The Balaban J connectivity index is 1.21. The maximum Gasteiger partial charge on any atom is 0.188 e. The molecular formula is C27H27FN4O. The van der Waals surface area contributed by atoms with Crippen molar-refractivity contribution < 1.29 is 8.91 Å². The smallest absolute Gasteiger partial charge is 0.188 e. The minimum Gasteiger partial charge on any atom is -0.359 e. The van der Waals surface area contributed by atoms with Gasteiger partial charge in [0, 0.05) is 18.2 Å². The highest BCUT2D eigenvalue weighted by molar-refractivity contribution is 5.76. The van der Waals surface area contributed by atoms with Gasteiger partial charge in [-0.1, -0.05) is 78.0 Å². The van der Waals surface area contributed by atoms with Crippen LogP contribution in [0, 0.1) is 11.2 Å². The zero-order valence-corrected chi connectivity index (χ0v) is 18.4. The number of nitrogens with zero attached hydrogens (tertiary/aromatic N) is 1. The number of guanidine groups is 1. The highest BCUT2D eigenvalue weighted by Crippen LogP contribution is 2.24. The number of aryl methyl sites for hydroxylation is 2. The Kier molecular flexibility index (Phi) is 7.48. The molecule has 0 aliphatic carbocycles. The highest BCUT2D eigenvalue weighted by Gasteiger charge is 2.09. The topological polar surface area (TPSA) is 73.9 Å². The van der Waals surface area contributed by atoms with Gasteiger partial charge in [0.1, 0.15) is 5.82 Å². The van der Waals surface area contributed by atoms with E-state index in [4.69, 9.17) is 9.93 Å². The summed E-state index contributed by atoms with van der Waals surface area (Å²) in [5.41, 5.74) is 4.43. The van der Waals surface area contributed by atoms with Crippen LogP contribution in [-0.2, 0) is 25.8 Å². The average Bonchev–Trinajstić information content (AvgIpc) is 3.31. The van der Waals surface area contributed by atoms with Crippen molar-refractivity contribution in [2.24, 2.45) is 0 Å². The Hall–Kier alpha value is -3.93. The fourth-order valence-corrected chi connectivity index (χ4v) is 3.61. The van der Waals surface area contributed by atoms with E-state index in [0.29, 0.717) is 37.3 Å². The molecule has 0 spiro atoms. The van der Waals surface area contributed by atoms with Crippen molar-refractivity contribution in [3.8, 4) is 11.1 Å². The number of nitrogens with one attached hydrogen (secondary N) is 3. The molecule has 0 fully saturated rings. The van der Waals surface area contributed by atoms with E-state index in [0.717, 1.165) is 23.2 Å². The molecule has 5 nitrogen and oxygen atoms in total. The molecule has 0 saturated carbocycles. The van der Waals surface area contributed by atoms with Gasteiger partial charge in [0.15, 0.2) is 11.7 Å². The minimum atomic E-state index is -0.220. The van der Waals surface area contributed by atoms with Crippen LogP contribution in [0.1, 0.15) is 22.6 Å². The normalized spacial score (nSPS) is 10.7. The van der Waals surface area contributed by atoms with Crippen molar-refractivity contribution in [2.45, 2.75) is 25.8 Å². The Bertz CT molecular complexity index is 1180. The van der Waals surface area contributed by atoms with Crippen molar-refractivity contribution in [1.82, 2.24) is 15.8 Å². The number of halogens is 1. The maximum absolute atomic E-state index is 14.6. The molecule has 0 amide bonds. The zero-order chi connectivity index (χ0) is 22.9. The molecule has 1 aromatic heterocycles. The average molecular weight is 443 g/mol. The van der Waals surface area contributed by atoms with E-state index < -0.39 is 0 Å². The predicted molar refractivity (Wildman–Crippen MR) is 128 cm³/mol. The maximum atomic E-state index is 14.6. The summed E-state index contributed by atoms with van der Waals surface area (Å²) < 4.78 is 19.9. The molecule has 168 valence electrons. The second kappa shape index (κ2) is 11.1. The van der Waals surface area contributed by atoms with Crippen LogP contribution < -0.4 is 10.6 Å². The first-order valence-electron chi connectivity index (χ1n) is 11.1. The number of benzene rings is 3. The first kappa shape index (κ1) is 22.3. The van der Waals surface area contributed by atoms with Gasteiger partial charge in [-0.2, -0.15) is 0 Å². The van der Waals surface area contributed by atoms with Crippen LogP contribution in [0.3, 0.4) is 0 Å². The highest BCUT2D eigenvalue weighted by atomic mass is 19.1. The SMILES string of the molecule is N=C(NCCc1ccccc1)NCc1cc(CCc2ccc(-c3ccccc3)c(F)c2)no1. The van der Waals surface area contributed by atoms with Gasteiger partial charge in [0.05, 0.1) is 12.2 Å². The summed E-state index contributed by atoms with van der Waals surface area (Å²) in [6, 6.07) is 26.9. The molecule has 0 saturated heterocycles. The summed E-state index contributed by atoms with van der Waals surface area (Å²) in [5, 5.41) is 18.1. The molecule has 0 aliphatic heterocycles. The van der Waals surface area contributed by atoms with E-state index in [-0.39, 0.29) is 11.8 Å². The lowest BCUT2D eigenvalue weighted by Gasteiger charge is -2.08. The quantitative estimate of drug-likeness (QED) is 0.248. The molecule has 6 heteroatoms. The lowest BCUT2D eigenvalue weighted by Crippen LogP contribution is -2.36. The lowest BCUT2D eigenvalue weighted by molar-refractivity contribution is 0.374. The molecule has 0 atom stereocenters. The molecule has 0 unspecified atom stereocenters. The summed E-state index contributed by atoms with van der Waals surface area (Å²) in [6.45, 7) is 1.06. The number of rotatable bonds is 9. The monoisotopic (exact) mass is 442 g/mol. The summed E-state index contributed by atoms with van der Waals surface area (Å²) in [5.74, 6) is 0.685. The number of hydrogen-bond donors (Lipinski definition) is 3. The third-order valence-corrected chi connectivity index (χ3v) is 5.39.